The molecule has 0 saturated carbocycles. The Morgan fingerprint density at radius 2 is 2.00 bits per heavy atom. The largest absolute Gasteiger partial charge is 0.364 e. The van der Waals surface area contributed by atoms with Crippen molar-refractivity contribution in [3.63, 3.8) is 0 Å². The molecule has 3 rings (SSSR count). The van der Waals surface area contributed by atoms with Crippen molar-refractivity contribution < 1.29 is 4.79 Å². The normalized spacial score (nSPS) is 22.4. The molecule has 4 N–H and O–H groups in total. The summed E-state index contributed by atoms with van der Waals surface area (Å²) >= 11 is 0. The molecule has 2 fully saturated rings. The van der Waals surface area contributed by atoms with Crippen molar-refractivity contribution in [3.05, 3.63) is 11.8 Å². The van der Waals surface area contributed by atoms with E-state index in [0.29, 0.717) is 12.0 Å². The van der Waals surface area contributed by atoms with Gasteiger partial charge in [-0.05, 0) is 32.2 Å². The van der Waals surface area contributed by atoms with Gasteiger partial charge < -0.3 is 21.3 Å². The number of carbonyl (C=O) groups is 1. The molecule has 7 heteroatoms. The minimum absolute atomic E-state index is 0.283. The summed E-state index contributed by atoms with van der Waals surface area (Å²) in [6.45, 7) is 3.89. The standard InChI is InChI=1S/C16H26N6O/c17-15(23)13-10-14(22-8-3-1-2-4-9-22)21-16(20-13)19-12-6-5-7-18-11-12/h10,12,18H,1-9,11H2,(H2,17,23)(H,19,20,21). The Bertz CT molecular complexity index is 535. The van der Waals surface area contributed by atoms with Gasteiger partial charge in [-0.15, -0.1) is 0 Å². The third-order valence-electron chi connectivity index (χ3n) is 4.53. The highest BCUT2D eigenvalue weighted by Crippen LogP contribution is 2.20. The van der Waals surface area contributed by atoms with Crippen molar-refractivity contribution in [3.8, 4) is 0 Å². The first-order valence-electron chi connectivity index (χ1n) is 8.63. The van der Waals surface area contributed by atoms with Crippen LogP contribution in [0.25, 0.3) is 0 Å². The number of nitrogens with one attached hydrogen (secondary N) is 2. The Labute approximate surface area is 137 Å². The molecule has 1 aromatic heterocycles. The molecule has 2 aliphatic heterocycles. The lowest BCUT2D eigenvalue weighted by molar-refractivity contribution is 0.0995. The lowest BCUT2D eigenvalue weighted by Crippen LogP contribution is -2.39. The molecule has 3 heterocycles. The molecule has 2 aliphatic rings. The lowest BCUT2D eigenvalue weighted by Gasteiger charge is -2.25. The molecule has 0 aromatic carbocycles. The van der Waals surface area contributed by atoms with Crippen molar-refractivity contribution in [2.45, 2.75) is 44.6 Å². The molecule has 0 aliphatic carbocycles. The Morgan fingerprint density at radius 3 is 2.65 bits per heavy atom. The number of carbonyl (C=O) groups excluding carboxylic acids is 1. The van der Waals surface area contributed by atoms with Crippen LogP contribution in [0.2, 0.25) is 0 Å². The van der Waals surface area contributed by atoms with Crippen LogP contribution in [0.5, 0.6) is 0 Å². The van der Waals surface area contributed by atoms with Crippen molar-refractivity contribution in [2.75, 3.05) is 36.4 Å². The predicted octanol–water partition coefficient (Wildman–Crippen LogP) is 1.12. The van der Waals surface area contributed by atoms with Crippen LogP contribution < -0.4 is 21.3 Å². The van der Waals surface area contributed by atoms with E-state index in [1.54, 1.807) is 6.07 Å². The van der Waals surface area contributed by atoms with E-state index in [9.17, 15) is 4.79 Å². The summed E-state index contributed by atoms with van der Waals surface area (Å²) < 4.78 is 0. The van der Waals surface area contributed by atoms with Gasteiger partial charge in [-0.2, -0.15) is 4.98 Å². The first kappa shape index (κ1) is 16.0. The van der Waals surface area contributed by atoms with Gasteiger partial charge in [0.05, 0.1) is 0 Å². The number of nitrogens with zero attached hydrogens (tertiary/aromatic N) is 3. The van der Waals surface area contributed by atoms with Gasteiger partial charge in [-0.25, -0.2) is 4.98 Å². The quantitative estimate of drug-likeness (QED) is 0.770. The number of hydrogen-bond donors (Lipinski definition) is 3. The molecule has 126 valence electrons. The molecular weight excluding hydrogens is 292 g/mol. The molecule has 0 radical (unpaired) electrons. The van der Waals surface area contributed by atoms with Crippen LogP contribution in [0.3, 0.4) is 0 Å². The Morgan fingerprint density at radius 1 is 1.22 bits per heavy atom. The van der Waals surface area contributed by atoms with Crippen molar-refractivity contribution >= 4 is 17.7 Å². The zero-order valence-corrected chi connectivity index (χ0v) is 13.6. The maximum absolute atomic E-state index is 11.6. The van der Waals surface area contributed by atoms with E-state index in [2.05, 4.69) is 25.5 Å². The summed E-state index contributed by atoms with van der Waals surface area (Å²) in [5.74, 6) is 0.810. The molecule has 7 nitrogen and oxygen atoms in total. The lowest BCUT2D eigenvalue weighted by atomic mass is 10.1. The fourth-order valence-electron chi connectivity index (χ4n) is 3.24. The molecule has 1 amide bonds. The molecule has 2 saturated heterocycles. The van der Waals surface area contributed by atoms with Gasteiger partial charge in [0.25, 0.3) is 5.91 Å². The fourth-order valence-corrected chi connectivity index (χ4v) is 3.24. The molecular formula is C16H26N6O. The van der Waals surface area contributed by atoms with E-state index in [1.807, 2.05) is 0 Å². The number of nitrogens with two attached hydrogens (primary N) is 1. The molecule has 23 heavy (non-hydrogen) atoms. The summed E-state index contributed by atoms with van der Waals surface area (Å²) in [7, 11) is 0. The molecule has 0 bridgehead atoms. The second kappa shape index (κ2) is 7.59. The summed E-state index contributed by atoms with van der Waals surface area (Å²) in [5.41, 5.74) is 5.74. The van der Waals surface area contributed by atoms with E-state index < -0.39 is 5.91 Å². The summed E-state index contributed by atoms with van der Waals surface area (Å²) in [4.78, 5) is 22.8. The van der Waals surface area contributed by atoms with Crippen LogP contribution in [0.4, 0.5) is 11.8 Å². The second-order valence-electron chi connectivity index (χ2n) is 6.39. The molecule has 1 atom stereocenters. The van der Waals surface area contributed by atoms with Gasteiger partial charge in [0.15, 0.2) is 0 Å². The molecule has 1 unspecified atom stereocenters. The van der Waals surface area contributed by atoms with Crippen LogP contribution in [0.1, 0.15) is 49.0 Å². The first-order chi connectivity index (χ1) is 11.2. The number of hydrogen-bond acceptors (Lipinski definition) is 6. The van der Waals surface area contributed by atoms with Gasteiger partial charge in [-0.3, -0.25) is 4.79 Å². The van der Waals surface area contributed by atoms with Gasteiger partial charge in [0.2, 0.25) is 5.95 Å². The second-order valence-corrected chi connectivity index (χ2v) is 6.39. The van der Waals surface area contributed by atoms with Gasteiger partial charge in [0.1, 0.15) is 11.5 Å². The maximum atomic E-state index is 11.6. The highest BCUT2D eigenvalue weighted by molar-refractivity contribution is 5.91. The minimum Gasteiger partial charge on any atom is -0.364 e. The molecule has 0 spiro atoms. The number of piperidine rings is 1. The fraction of sp³-hybridized carbons (Fsp3) is 0.688. The summed E-state index contributed by atoms with van der Waals surface area (Å²) in [5, 5.41) is 6.71. The number of primary amides is 1. The minimum atomic E-state index is -0.506. The summed E-state index contributed by atoms with van der Waals surface area (Å²) in [6.07, 6.45) is 7.03. The number of amides is 1. The van der Waals surface area contributed by atoms with Crippen molar-refractivity contribution in [1.29, 1.82) is 0 Å². The van der Waals surface area contributed by atoms with E-state index in [0.717, 1.165) is 57.7 Å². The third-order valence-corrected chi connectivity index (χ3v) is 4.53. The third kappa shape index (κ3) is 4.31. The summed E-state index contributed by atoms with van der Waals surface area (Å²) in [6, 6.07) is 2.02. The van der Waals surface area contributed by atoms with E-state index in [1.165, 1.54) is 12.8 Å². The maximum Gasteiger partial charge on any atom is 0.267 e. The zero-order chi connectivity index (χ0) is 16.1. The number of rotatable bonds is 4. The first-order valence-corrected chi connectivity index (χ1v) is 8.63. The zero-order valence-electron chi connectivity index (χ0n) is 13.6. The van der Waals surface area contributed by atoms with Gasteiger partial charge >= 0.3 is 0 Å². The topological polar surface area (TPSA) is 96.2 Å². The Balaban J connectivity index is 1.81. The van der Waals surface area contributed by atoms with E-state index in [-0.39, 0.29) is 5.69 Å². The highest BCUT2D eigenvalue weighted by Gasteiger charge is 2.18. The van der Waals surface area contributed by atoms with Crippen molar-refractivity contribution in [1.82, 2.24) is 15.3 Å². The average Bonchev–Trinajstić information content (AvgIpc) is 2.85. The average molecular weight is 318 g/mol. The van der Waals surface area contributed by atoms with Crippen LogP contribution in [0, 0.1) is 0 Å². The monoisotopic (exact) mass is 318 g/mol. The smallest absolute Gasteiger partial charge is 0.267 e. The predicted molar refractivity (Wildman–Crippen MR) is 90.7 cm³/mol. The Hall–Kier alpha value is -1.89. The van der Waals surface area contributed by atoms with Crippen LogP contribution in [-0.2, 0) is 0 Å². The van der Waals surface area contributed by atoms with Crippen LogP contribution in [-0.4, -0.2) is 48.1 Å². The van der Waals surface area contributed by atoms with Gasteiger partial charge in [-0.1, -0.05) is 12.8 Å². The van der Waals surface area contributed by atoms with Crippen LogP contribution >= 0.6 is 0 Å². The highest BCUT2D eigenvalue weighted by atomic mass is 16.1. The van der Waals surface area contributed by atoms with E-state index in [4.69, 9.17) is 5.73 Å². The number of anilines is 2. The number of aromatic nitrogens is 2. The van der Waals surface area contributed by atoms with E-state index >= 15 is 0 Å². The van der Waals surface area contributed by atoms with Gasteiger partial charge in [0, 0.05) is 31.7 Å². The molecule has 1 aromatic rings. The SMILES string of the molecule is NC(=O)c1cc(N2CCCCCC2)nc(NC2CCCNC2)n1. The Kier molecular flexibility index (Phi) is 5.27. The van der Waals surface area contributed by atoms with Crippen molar-refractivity contribution in [2.24, 2.45) is 5.73 Å². The van der Waals surface area contributed by atoms with Crippen LogP contribution in [0.15, 0.2) is 6.07 Å².